The van der Waals surface area contributed by atoms with E-state index in [2.05, 4.69) is 4.98 Å². The van der Waals surface area contributed by atoms with Crippen molar-refractivity contribution in [2.45, 2.75) is 10.4 Å². The minimum atomic E-state index is -0.956. The fraction of sp³-hybridized carbons (Fsp3) is 0.0455. The van der Waals surface area contributed by atoms with Crippen LogP contribution in [0.25, 0.3) is 16.6 Å². The number of aromatic nitrogens is 2. The van der Waals surface area contributed by atoms with Crippen LogP contribution in [0, 0.1) is 11.6 Å². The number of hydrogen-bond acceptors (Lipinski definition) is 4. The van der Waals surface area contributed by atoms with Crippen LogP contribution < -0.4 is 11.3 Å². The quantitative estimate of drug-likeness (QED) is 0.350. The number of carbonyl (C=O) groups excluding carboxylic acids is 1. The lowest BCUT2D eigenvalue weighted by Crippen LogP contribution is -2.25. The van der Waals surface area contributed by atoms with Crippen LogP contribution in [0.4, 0.5) is 8.78 Å². The summed E-state index contributed by atoms with van der Waals surface area (Å²) in [6.07, 6.45) is 0. The van der Waals surface area contributed by atoms with E-state index in [-0.39, 0.29) is 16.2 Å². The minimum absolute atomic E-state index is 0.0259. The van der Waals surface area contributed by atoms with Crippen LogP contribution in [-0.2, 0) is 4.79 Å². The van der Waals surface area contributed by atoms with Crippen molar-refractivity contribution in [3.8, 4) is 5.69 Å². The molecule has 1 amide bonds. The number of halogens is 3. The summed E-state index contributed by atoms with van der Waals surface area (Å²) in [4.78, 5) is 30.0. The van der Waals surface area contributed by atoms with E-state index >= 15 is 0 Å². The molecular formula is C22H14ClF2N3O2S. The Morgan fingerprint density at radius 2 is 1.81 bits per heavy atom. The summed E-state index contributed by atoms with van der Waals surface area (Å²) in [6.45, 7) is 0. The maximum Gasteiger partial charge on any atom is 0.266 e. The molecule has 0 fully saturated rings. The van der Waals surface area contributed by atoms with Crippen LogP contribution in [0.2, 0.25) is 5.02 Å². The topological polar surface area (TPSA) is 78.0 Å². The molecule has 3 aromatic carbocycles. The molecule has 9 heteroatoms. The zero-order valence-electron chi connectivity index (χ0n) is 15.8. The van der Waals surface area contributed by atoms with Crippen molar-refractivity contribution in [3.63, 3.8) is 0 Å². The molecule has 31 heavy (non-hydrogen) atoms. The Balaban J connectivity index is 1.98. The lowest BCUT2D eigenvalue weighted by atomic mass is 10.1. The Morgan fingerprint density at radius 3 is 2.48 bits per heavy atom. The average Bonchev–Trinajstić information content (AvgIpc) is 2.74. The molecule has 0 spiro atoms. The zero-order valence-corrected chi connectivity index (χ0v) is 17.3. The third-order valence-corrected chi connectivity index (χ3v) is 5.99. The highest BCUT2D eigenvalue weighted by atomic mass is 35.5. The molecule has 4 rings (SSSR count). The lowest BCUT2D eigenvalue weighted by Gasteiger charge is -2.18. The summed E-state index contributed by atoms with van der Waals surface area (Å²) in [6, 6.07) is 16.1. The number of nitrogens with zero attached hydrogens (tertiary/aromatic N) is 2. The van der Waals surface area contributed by atoms with Crippen LogP contribution in [0.1, 0.15) is 10.8 Å². The van der Waals surface area contributed by atoms with Gasteiger partial charge in [-0.1, -0.05) is 53.7 Å². The molecule has 0 aliphatic carbocycles. The predicted octanol–water partition coefficient (Wildman–Crippen LogP) is 4.64. The monoisotopic (exact) mass is 457 g/mol. The number of nitrogens with two attached hydrogens (primary N) is 1. The van der Waals surface area contributed by atoms with Crippen LogP contribution >= 0.6 is 23.4 Å². The average molecular weight is 458 g/mol. The van der Waals surface area contributed by atoms with Crippen LogP contribution in [0.3, 0.4) is 0 Å². The maximum atomic E-state index is 14.6. The molecule has 0 saturated heterocycles. The van der Waals surface area contributed by atoms with E-state index in [0.717, 1.165) is 28.5 Å². The van der Waals surface area contributed by atoms with E-state index in [4.69, 9.17) is 17.3 Å². The number of fused-ring (bicyclic) bond motifs is 1. The fourth-order valence-corrected chi connectivity index (χ4v) is 4.35. The van der Waals surface area contributed by atoms with E-state index < -0.39 is 28.4 Å². The molecule has 156 valence electrons. The van der Waals surface area contributed by atoms with Gasteiger partial charge in [0.05, 0.1) is 16.6 Å². The largest absolute Gasteiger partial charge is 0.368 e. The summed E-state index contributed by atoms with van der Waals surface area (Å²) in [5.41, 5.74) is 5.69. The van der Waals surface area contributed by atoms with Crippen molar-refractivity contribution < 1.29 is 13.6 Å². The van der Waals surface area contributed by atoms with Gasteiger partial charge < -0.3 is 5.73 Å². The van der Waals surface area contributed by atoms with Crippen molar-refractivity contribution in [2.75, 3.05) is 0 Å². The first-order valence-corrected chi connectivity index (χ1v) is 10.3. The molecule has 0 aliphatic heterocycles. The molecule has 1 atom stereocenters. The number of rotatable bonds is 5. The van der Waals surface area contributed by atoms with E-state index in [9.17, 15) is 18.4 Å². The van der Waals surface area contributed by atoms with Gasteiger partial charge in [-0.15, -0.1) is 0 Å². The highest BCUT2D eigenvalue weighted by Gasteiger charge is 2.24. The standard InChI is InChI=1S/C22H14ClF2N3O2S/c23-13-6-8-17-15(10-13)21(30)28(18-9-7-14(24)11-16(18)25)22(27-17)31-19(20(26)29)12-4-2-1-3-5-12/h1-11,19H,(H2,26,29). The number of carbonyl (C=O) groups is 1. The van der Waals surface area contributed by atoms with Crippen LogP contribution in [-0.4, -0.2) is 15.5 Å². The normalized spacial score (nSPS) is 12.1. The summed E-state index contributed by atoms with van der Waals surface area (Å²) in [5.74, 6) is -2.41. The van der Waals surface area contributed by atoms with E-state index in [0.29, 0.717) is 22.2 Å². The summed E-state index contributed by atoms with van der Waals surface area (Å²) >= 11 is 6.92. The highest BCUT2D eigenvalue weighted by Crippen LogP contribution is 2.35. The molecule has 0 aliphatic rings. The highest BCUT2D eigenvalue weighted by molar-refractivity contribution is 8.00. The van der Waals surface area contributed by atoms with Crippen molar-refractivity contribution in [3.05, 3.63) is 99.3 Å². The SMILES string of the molecule is NC(=O)C(Sc1nc2ccc(Cl)cc2c(=O)n1-c1ccc(F)cc1F)c1ccccc1. The number of benzene rings is 3. The van der Waals surface area contributed by atoms with E-state index in [1.165, 1.54) is 6.07 Å². The van der Waals surface area contributed by atoms with E-state index in [1.807, 2.05) is 0 Å². The van der Waals surface area contributed by atoms with Gasteiger partial charge in [0.1, 0.15) is 16.9 Å². The summed E-state index contributed by atoms with van der Waals surface area (Å²) < 4.78 is 29.1. The van der Waals surface area contributed by atoms with Crippen molar-refractivity contribution >= 4 is 40.2 Å². The molecule has 1 unspecified atom stereocenters. The second-order valence-corrected chi connectivity index (χ2v) is 8.11. The Kier molecular flexibility index (Phi) is 5.75. The molecule has 0 bridgehead atoms. The van der Waals surface area contributed by atoms with Crippen molar-refractivity contribution in [1.82, 2.24) is 9.55 Å². The molecule has 1 aromatic heterocycles. The fourth-order valence-electron chi connectivity index (χ4n) is 3.12. The summed E-state index contributed by atoms with van der Waals surface area (Å²) in [7, 11) is 0. The molecule has 2 N–H and O–H groups in total. The number of amides is 1. The maximum absolute atomic E-state index is 14.6. The predicted molar refractivity (Wildman–Crippen MR) is 117 cm³/mol. The molecular weight excluding hydrogens is 444 g/mol. The Morgan fingerprint density at radius 1 is 1.06 bits per heavy atom. The van der Waals surface area contributed by atoms with Gasteiger partial charge in [0.15, 0.2) is 5.16 Å². The van der Waals surface area contributed by atoms with Gasteiger partial charge in [-0.2, -0.15) is 0 Å². The molecule has 5 nitrogen and oxygen atoms in total. The van der Waals surface area contributed by atoms with Gasteiger partial charge in [-0.05, 0) is 35.9 Å². The zero-order chi connectivity index (χ0) is 22.1. The third kappa shape index (κ3) is 4.17. The first kappa shape index (κ1) is 21.0. The van der Waals surface area contributed by atoms with Gasteiger partial charge in [-0.3, -0.25) is 14.2 Å². The van der Waals surface area contributed by atoms with Gasteiger partial charge in [-0.25, -0.2) is 13.8 Å². The first-order valence-electron chi connectivity index (χ1n) is 9.04. The summed E-state index contributed by atoms with van der Waals surface area (Å²) in [5, 5.41) is -0.418. The second-order valence-electron chi connectivity index (χ2n) is 6.60. The second kappa shape index (κ2) is 8.49. The Labute approximate surface area is 184 Å². The molecule has 0 radical (unpaired) electrons. The Hall–Kier alpha value is -3.23. The molecule has 0 saturated carbocycles. The smallest absolute Gasteiger partial charge is 0.266 e. The van der Waals surface area contributed by atoms with Crippen LogP contribution in [0.15, 0.2) is 76.7 Å². The van der Waals surface area contributed by atoms with Gasteiger partial charge >= 0.3 is 0 Å². The van der Waals surface area contributed by atoms with E-state index in [1.54, 1.807) is 42.5 Å². The van der Waals surface area contributed by atoms with Gasteiger partial charge in [0.2, 0.25) is 5.91 Å². The third-order valence-electron chi connectivity index (χ3n) is 4.53. The number of thioether (sulfide) groups is 1. The minimum Gasteiger partial charge on any atom is -0.368 e. The Bertz CT molecular complexity index is 1360. The molecule has 1 heterocycles. The molecule has 4 aromatic rings. The van der Waals surface area contributed by atoms with Gasteiger partial charge in [0, 0.05) is 11.1 Å². The number of hydrogen-bond donors (Lipinski definition) is 1. The first-order chi connectivity index (χ1) is 14.8. The number of primary amides is 1. The van der Waals surface area contributed by atoms with Crippen molar-refractivity contribution in [1.29, 1.82) is 0 Å². The lowest BCUT2D eigenvalue weighted by molar-refractivity contribution is -0.117. The van der Waals surface area contributed by atoms with Crippen LogP contribution in [0.5, 0.6) is 0 Å². The van der Waals surface area contributed by atoms with Crippen molar-refractivity contribution in [2.24, 2.45) is 5.73 Å². The van der Waals surface area contributed by atoms with Gasteiger partial charge in [0.25, 0.3) is 5.56 Å².